The molecule has 2 N–H and O–H groups in total. The van der Waals surface area contributed by atoms with E-state index in [1.165, 1.54) is 7.11 Å². The minimum absolute atomic E-state index is 0.102. The average molecular weight is 327 g/mol. The first-order valence-electron chi connectivity index (χ1n) is 6.45. The third kappa shape index (κ3) is 4.00. The highest BCUT2D eigenvalue weighted by molar-refractivity contribution is 6.42. The van der Waals surface area contributed by atoms with Gasteiger partial charge in [0.25, 0.3) is 0 Å². The van der Waals surface area contributed by atoms with E-state index in [1.807, 2.05) is 25.1 Å². The van der Waals surface area contributed by atoms with Gasteiger partial charge in [-0.2, -0.15) is 0 Å². The summed E-state index contributed by atoms with van der Waals surface area (Å²) in [5.41, 5.74) is 2.39. The van der Waals surface area contributed by atoms with Crippen LogP contribution in [0.3, 0.4) is 0 Å². The van der Waals surface area contributed by atoms with E-state index in [4.69, 9.17) is 23.2 Å². The summed E-state index contributed by atoms with van der Waals surface area (Å²) in [6, 6.07) is 9.20. The minimum atomic E-state index is -0.376. The normalized spacial score (nSPS) is 12.2. The number of rotatable bonds is 5. The lowest BCUT2D eigenvalue weighted by Gasteiger charge is -2.14. The van der Waals surface area contributed by atoms with E-state index in [2.05, 4.69) is 15.0 Å². The van der Waals surface area contributed by atoms with Crippen LogP contribution in [0.25, 0.3) is 0 Å². The number of ether oxygens (including phenoxy) is 1. The standard InChI is InChI=1S/C15H16Cl2N2O2/c1-9(10-3-5-12(16)13(17)7-10)18-8-11-4-6-14(19-11)15(20)21-2/h3-7,9,18-19H,8H2,1-2H3. The molecular weight excluding hydrogens is 311 g/mol. The molecule has 2 rings (SSSR count). The second-order valence-electron chi connectivity index (χ2n) is 4.66. The van der Waals surface area contributed by atoms with Crippen molar-refractivity contribution < 1.29 is 9.53 Å². The second kappa shape index (κ2) is 6.98. The molecular formula is C15H16Cl2N2O2. The molecule has 0 aliphatic rings. The van der Waals surface area contributed by atoms with Crippen molar-refractivity contribution >= 4 is 29.2 Å². The number of carbonyl (C=O) groups excluding carboxylic acids is 1. The van der Waals surface area contributed by atoms with Crippen LogP contribution in [0.5, 0.6) is 0 Å². The maximum Gasteiger partial charge on any atom is 0.354 e. The quantitative estimate of drug-likeness (QED) is 0.818. The summed E-state index contributed by atoms with van der Waals surface area (Å²) in [7, 11) is 1.35. The Hall–Kier alpha value is -1.49. The molecule has 1 heterocycles. The maximum atomic E-state index is 11.4. The molecule has 0 saturated heterocycles. The van der Waals surface area contributed by atoms with Crippen LogP contribution in [-0.2, 0) is 11.3 Å². The molecule has 0 aliphatic heterocycles. The van der Waals surface area contributed by atoms with Crippen molar-refractivity contribution in [1.29, 1.82) is 0 Å². The number of H-pyrrole nitrogens is 1. The van der Waals surface area contributed by atoms with Gasteiger partial charge in [-0.25, -0.2) is 4.79 Å². The van der Waals surface area contributed by atoms with Crippen molar-refractivity contribution in [2.24, 2.45) is 0 Å². The molecule has 0 spiro atoms. The first kappa shape index (κ1) is 15.9. The predicted octanol–water partition coefficient (Wildman–Crippen LogP) is 3.96. The SMILES string of the molecule is COC(=O)c1ccc(CNC(C)c2ccc(Cl)c(Cl)c2)[nH]1. The van der Waals surface area contributed by atoms with Gasteiger partial charge in [0.2, 0.25) is 0 Å². The van der Waals surface area contributed by atoms with Crippen LogP contribution in [0.2, 0.25) is 10.0 Å². The van der Waals surface area contributed by atoms with Gasteiger partial charge >= 0.3 is 5.97 Å². The molecule has 112 valence electrons. The lowest BCUT2D eigenvalue weighted by molar-refractivity contribution is 0.0594. The van der Waals surface area contributed by atoms with Gasteiger partial charge < -0.3 is 15.0 Å². The molecule has 0 bridgehead atoms. The lowest BCUT2D eigenvalue weighted by atomic mass is 10.1. The van der Waals surface area contributed by atoms with Gasteiger partial charge in [-0.15, -0.1) is 0 Å². The Labute approximate surface area is 133 Å². The van der Waals surface area contributed by atoms with Gasteiger partial charge in [-0.05, 0) is 36.8 Å². The summed E-state index contributed by atoms with van der Waals surface area (Å²) in [5.74, 6) is -0.376. The molecule has 0 saturated carbocycles. The van der Waals surface area contributed by atoms with Gasteiger partial charge in [0.05, 0.1) is 17.2 Å². The van der Waals surface area contributed by atoms with Crippen LogP contribution in [0, 0.1) is 0 Å². The van der Waals surface area contributed by atoms with E-state index in [-0.39, 0.29) is 12.0 Å². The topological polar surface area (TPSA) is 54.1 Å². The van der Waals surface area contributed by atoms with Gasteiger partial charge in [0.15, 0.2) is 0 Å². The fourth-order valence-corrected chi connectivity index (χ4v) is 2.24. The number of halogens is 2. The van der Waals surface area contributed by atoms with Crippen LogP contribution in [0.15, 0.2) is 30.3 Å². The highest BCUT2D eigenvalue weighted by Gasteiger charge is 2.10. The molecule has 0 aliphatic carbocycles. The van der Waals surface area contributed by atoms with Crippen LogP contribution in [0.1, 0.15) is 34.7 Å². The van der Waals surface area contributed by atoms with Crippen molar-refractivity contribution in [2.45, 2.75) is 19.5 Å². The van der Waals surface area contributed by atoms with Gasteiger partial charge in [-0.1, -0.05) is 29.3 Å². The fraction of sp³-hybridized carbons (Fsp3) is 0.267. The molecule has 1 aromatic heterocycles. The van der Waals surface area contributed by atoms with E-state index in [0.29, 0.717) is 22.3 Å². The van der Waals surface area contributed by atoms with Crippen LogP contribution in [-0.4, -0.2) is 18.1 Å². The molecule has 0 radical (unpaired) electrons. The summed E-state index contributed by atoms with van der Waals surface area (Å²) in [6.45, 7) is 2.63. The summed E-state index contributed by atoms with van der Waals surface area (Å²) >= 11 is 11.9. The van der Waals surface area contributed by atoms with Crippen molar-refractivity contribution in [2.75, 3.05) is 7.11 Å². The number of benzene rings is 1. The molecule has 1 atom stereocenters. The van der Waals surface area contributed by atoms with Crippen LogP contribution < -0.4 is 5.32 Å². The van der Waals surface area contributed by atoms with Crippen molar-refractivity contribution in [3.8, 4) is 0 Å². The molecule has 1 aromatic carbocycles. The zero-order chi connectivity index (χ0) is 15.4. The van der Waals surface area contributed by atoms with E-state index < -0.39 is 0 Å². The minimum Gasteiger partial charge on any atom is -0.464 e. The Morgan fingerprint density at radius 3 is 2.71 bits per heavy atom. The number of hydrogen-bond donors (Lipinski definition) is 2. The smallest absolute Gasteiger partial charge is 0.354 e. The number of aromatic amines is 1. The van der Waals surface area contributed by atoms with Gasteiger partial charge in [0, 0.05) is 18.3 Å². The first-order valence-corrected chi connectivity index (χ1v) is 7.21. The number of methoxy groups -OCH3 is 1. The van der Waals surface area contributed by atoms with Gasteiger partial charge in [-0.3, -0.25) is 0 Å². The highest BCUT2D eigenvalue weighted by atomic mass is 35.5. The third-order valence-corrected chi connectivity index (χ3v) is 3.93. The van der Waals surface area contributed by atoms with Crippen LogP contribution >= 0.6 is 23.2 Å². The molecule has 0 fully saturated rings. The van der Waals surface area contributed by atoms with Crippen molar-refractivity contribution in [1.82, 2.24) is 10.3 Å². The zero-order valence-electron chi connectivity index (χ0n) is 11.7. The summed E-state index contributed by atoms with van der Waals surface area (Å²) in [4.78, 5) is 14.4. The molecule has 21 heavy (non-hydrogen) atoms. The first-order chi connectivity index (χ1) is 10.0. The largest absolute Gasteiger partial charge is 0.464 e. The number of esters is 1. The molecule has 4 nitrogen and oxygen atoms in total. The predicted molar refractivity (Wildman–Crippen MR) is 83.8 cm³/mol. The molecule has 2 aromatic rings. The van der Waals surface area contributed by atoms with Crippen molar-refractivity contribution in [3.63, 3.8) is 0 Å². The monoisotopic (exact) mass is 326 g/mol. The Morgan fingerprint density at radius 2 is 2.05 bits per heavy atom. The molecule has 1 unspecified atom stereocenters. The van der Waals surface area contributed by atoms with Crippen LogP contribution in [0.4, 0.5) is 0 Å². The summed E-state index contributed by atoms with van der Waals surface area (Å²) in [6.07, 6.45) is 0. The fourth-order valence-electron chi connectivity index (χ4n) is 1.94. The Balaban J connectivity index is 1.97. The average Bonchev–Trinajstić information content (AvgIpc) is 2.95. The number of hydrogen-bond acceptors (Lipinski definition) is 3. The number of nitrogens with one attached hydrogen (secondary N) is 2. The van der Waals surface area contributed by atoms with Crippen molar-refractivity contribution in [3.05, 3.63) is 57.3 Å². The Kier molecular flexibility index (Phi) is 5.28. The Bertz CT molecular complexity index is 640. The Morgan fingerprint density at radius 1 is 1.29 bits per heavy atom. The number of carbonyl (C=O) groups is 1. The second-order valence-corrected chi connectivity index (χ2v) is 5.48. The molecule has 0 amide bonds. The lowest BCUT2D eigenvalue weighted by Crippen LogP contribution is -2.18. The van der Waals surface area contributed by atoms with E-state index in [0.717, 1.165) is 11.3 Å². The highest BCUT2D eigenvalue weighted by Crippen LogP contribution is 2.25. The maximum absolute atomic E-state index is 11.4. The third-order valence-electron chi connectivity index (χ3n) is 3.19. The zero-order valence-corrected chi connectivity index (χ0v) is 13.3. The van der Waals surface area contributed by atoms with Gasteiger partial charge in [0.1, 0.15) is 5.69 Å². The molecule has 6 heteroatoms. The van der Waals surface area contributed by atoms with E-state index in [9.17, 15) is 4.79 Å². The van der Waals surface area contributed by atoms with E-state index >= 15 is 0 Å². The van der Waals surface area contributed by atoms with E-state index in [1.54, 1.807) is 12.1 Å². The number of aromatic nitrogens is 1. The summed E-state index contributed by atoms with van der Waals surface area (Å²) < 4.78 is 4.65. The summed E-state index contributed by atoms with van der Waals surface area (Å²) in [5, 5.41) is 4.43.